The molecule has 9 nitrogen and oxygen atoms in total. The molecule has 13 heteroatoms. The van der Waals surface area contributed by atoms with Gasteiger partial charge >= 0.3 is 0 Å². The number of hydrogen-bond acceptors (Lipinski definition) is 6. The third kappa shape index (κ3) is 5.71. The minimum atomic E-state index is -4.28. The monoisotopic (exact) mass is 581 g/mol. The summed E-state index contributed by atoms with van der Waals surface area (Å²) in [4.78, 5) is 12.8. The Morgan fingerprint density at radius 2 is 1.82 bits per heavy atom. The molecule has 0 radical (unpaired) electrons. The molecule has 1 aromatic heterocycles. The van der Waals surface area contributed by atoms with Crippen molar-refractivity contribution in [3.05, 3.63) is 76.5 Å². The molecule has 1 amide bonds. The number of halogens is 3. The maximum Gasteiger partial charge on any atom is 0.257 e. The number of anilines is 1. The molecule has 39 heavy (non-hydrogen) atoms. The average Bonchev–Trinajstić information content (AvgIpc) is 3.41. The first-order valence-electron chi connectivity index (χ1n) is 12.3. The van der Waals surface area contributed by atoms with E-state index in [0.717, 1.165) is 34.8 Å². The lowest BCUT2D eigenvalue weighted by molar-refractivity contribution is 0.0775. The number of benzene rings is 2. The first kappa shape index (κ1) is 29.1. The van der Waals surface area contributed by atoms with Crippen LogP contribution < -0.4 is 10.6 Å². The quantitative estimate of drug-likeness (QED) is 0.387. The zero-order valence-corrected chi connectivity index (χ0v) is 23.1. The minimum absolute atomic E-state index is 0. The molecule has 3 N–H and O–H groups in total. The number of nitrogens with zero attached hydrogens (tertiary/aromatic N) is 2. The van der Waals surface area contributed by atoms with Crippen molar-refractivity contribution in [2.45, 2.75) is 56.3 Å². The molecule has 210 valence electrons. The van der Waals surface area contributed by atoms with Crippen molar-refractivity contribution in [2.24, 2.45) is 0 Å². The SMILES string of the molecule is CC1(C)c2[nH]nc(NC(=O)c3ccccc3CNC3CCOCC3)c2CN1S(=O)(=O)c1cc(F)cc(F)c1.Cl. The molecule has 2 aliphatic rings. The Morgan fingerprint density at radius 1 is 1.15 bits per heavy atom. The van der Waals surface area contributed by atoms with E-state index in [9.17, 15) is 22.0 Å². The summed E-state index contributed by atoms with van der Waals surface area (Å²) in [5, 5.41) is 13.4. The maximum absolute atomic E-state index is 13.8. The van der Waals surface area contributed by atoms with E-state index >= 15 is 0 Å². The fraction of sp³-hybridized carbons (Fsp3) is 0.385. The standard InChI is InChI=1S/C26H29F2N5O4S.ClH/c1-26(2)23-22(15-33(26)38(35,36)20-12-17(27)11-18(28)13-20)24(32-31-23)30-25(34)21-6-4-3-5-16(21)14-29-19-7-9-37-10-8-19;/h3-6,11-13,19,29H,7-10,14-15H2,1-2H3,(H2,30,31,32,34);1H. The number of carbonyl (C=O) groups excluding carboxylic acids is 1. The first-order chi connectivity index (χ1) is 18.1. The fourth-order valence-corrected chi connectivity index (χ4v) is 6.78. The topological polar surface area (TPSA) is 116 Å². The summed E-state index contributed by atoms with van der Waals surface area (Å²) in [5.74, 6) is -2.15. The van der Waals surface area contributed by atoms with Crippen LogP contribution in [0.25, 0.3) is 0 Å². The zero-order chi connectivity index (χ0) is 27.1. The van der Waals surface area contributed by atoms with E-state index in [1.165, 1.54) is 0 Å². The van der Waals surface area contributed by atoms with Gasteiger partial charge in [0.2, 0.25) is 10.0 Å². The van der Waals surface area contributed by atoms with Crippen LogP contribution in [0.15, 0.2) is 47.4 Å². The summed E-state index contributed by atoms with van der Waals surface area (Å²) in [6, 6.07) is 9.75. The van der Waals surface area contributed by atoms with Gasteiger partial charge in [-0.1, -0.05) is 18.2 Å². The summed E-state index contributed by atoms with van der Waals surface area (Å²) < 4.78 is 60.9. The van der Waals surface area contributed by atoms with Gasteiger partial charge < -0.3 is 15.4 Å². The van der Waals surface area contributed by atoms with Crippen molar-refractivity contribution in [1.82, 2.24) is 19.8 Å². The maximum atomic E-state index is 13.8. The first-order valence-corrected chi connectivity index (χ1v) is 13.8. The van der Waals surface area contributed by atoms with Crippen molar-refractivity contribution in [2.75, 3.05) is 18.5 Å². The summed E-state index contributed by atoms with van der Waals surface area (Å²) in [5.41, 5.74) is 1.16. The van der Waals surface area contributed by atoms with Crippen molar-refractivity contribution in [3.8, 4) is 0 Å². The lowest BCUT2D eigenvalue weighted by Gasteiger charge is -2.30. The number of fused-ring (bicyclic) bond motifs is 1. The van der Waals surface area contributed by atoms with Gasteiger partial charge in [-0.25, -0.2) is 17.2 Å². The van der Waals surface area contributed by atoms with Gasteiger partial charge in [-0.2, -0.15) is 9.40 Å². The third-order valence-electron chi connectivity index (χ3n) is 7.12. The lowest BCUT2D eigenvalue weighted by Crippen LogP contribution is -2.40. The highest BCUT2D eigenvalue weighted by Gasteiger charge is 2.48. The molecular weight excluding hydrogens is 552 g/mol. The van der Waals surface area contributed by atoms with Gasteiger partial charge in [0, 0.05) is 49.5 Å². The van der Waals surface area contributed by atoms with Gasteiger partial charge in [0.25, 0.3) is 5.91 Å². The highest BCUT2D eigenvalue weighted by atomic mass is 35.5. The number of sulfonamides is 1. The Labute approximate surface area is 231 Å². The Kier molecular flexibility index (Phi) is 8.43. The van der Waals surface area contributed by atoms with Crippen LogP contribution in [-0.4, -0.2) is 48.1 Å². The predicted octanol–water partition coefficient (Wildman–Crippen LogP) is 4.07. The van der Waals surface area contributed by atoms with Crippen LogP contribution >= 0.6 is 12.4 Å². The molecule has 3 heterocycles. The van der Waals surface area contributed by atoms with Gasteiger partial charge in [0.05, 0.1) is 16.1 Å². The Bertz CT molecular complexity index is 1450. The van der Waals surface area contributed by atoms with E-state index in [1.807, 2.05) is 12.1 Å². The number of ether oxygens (including phenoxy) is 1. The van der Waals surface area contributed by atoms with E-state index < -0.39 is 32.1 Å². The van der Waals surface area contributed by atoms with Crippen molar-refractivity contribution in [3.63, 3.8) is 0 Å². The lowest BCUT2D eigenvalue weighted by atomic mass is 10.0. The van der Waals surface area contributed by atoms with Crippen LogP contribution in [0.4, 0.5) is 14.6 Å². The summed E-state index contributed by atoms with van der Waals surface area (Å²) in [6.07, 6.45) is 1.82. The Hall–Kier alpha value is -2.90. The molecule has 0 spiro atoms. The van der Waals surface area contributed by atoms with Gasteiger partial charge in [-0.05, 0) is 50.5 Å². The summed E-state index contributed by atoms with van der Waals surface area (Å²) >= 11 is 0. The van der Waals surface area contributed by atoms with Gasteiger partial charge in [0.1, 0.15) is 11.6 Å². The van der Waals surface area contributed by atoms with Gasteiger partial charge in [-0.15, -0.1) is 12.4 Å². The second kappa shape index (κ2) is 11.3. The number of carbonyl (C=O) groups is 1. The van der Waals surface area contributed by atoms with E-state index in [4.69, 9.17) is 4.74 Å². The molecular formula is C26H30ClF2N5O4S. The van der Waals surface area contributed by atoms with Crippen LogP contribution in [0, 0.1) is 11.6 Å². The van der Waals surface area contributed by atoms with Gasteiger partial charge in [0.15, 0.2) is 5.82 Å². The van der Waals surface area contributed by atoms with Crippen LogP contribution in [0.2, 0.25) is 0 Å². The third-order valence-corrected chi connectivity index (χ3v) is 9.12. The molecule has 3 aromatic rings. The average molecular weight is 582 g/mol. The molecule has 1 saturated heterocycles. The van der Waals surface area contributed by atoms with Crippen LogP contribution in [0.3, 0.4) is 0 Å². The van der Waals surface area contributed by atoms with E-state index in [1.54, 1.807) is 26.0 Å². The number of amides is 1. The van der Waals surface area contributed by atoms with Crippen LogP contribution in [0.5, 0.6) is 0 Å². The second-order valence-electron chi connectivity index (χ2n) is 9.98. The number of nitrogens with one attached hydrogen (secondary N) is 3. The molecule has 1 fully saturated rings. The molecule has 0 atom stereocenters. The number of aromatic nitrogens is 2. The molecule has 2 aromatic carbocycles. The van der Waals surface area contributed by atoms with Crippen LogP contribution in [-0.2, 0) is 33.4 Å². The summed E-state index contributed by atoms with van der Waals surface area (Å²) in [6.45, 7) is 5.11. The minimum Gasteiger partial charge on any atom is -0.381 e. The second-order valence-corrected chi connectivity index (χ2v) is 11.8. The molecule has 0 saturated carbocycles. The highest BCUT2D eigenvalue weighted by Crippen LogP contribution is 2.43. The predicted molar refractivity (Wildman–Crippen MR) is 143 cm³/mol. The van der Waals surface area contributed by atoms with Crippen LogP contribution in [0.1, 0.15) is 53.9 Å². The smallest absolute Gasteiger partial charge is 0.257 e. The van der Waals surface area contributed by atoms with E-state index in [0.29, 0.717) is 48.7 Å². The van der Waals surface area contributed by atoms with Crippen molar-refractivity contribution < 1.29 is 26.7 Å². The number of hydrogen-bond donors (Lipinski definition) is 3. The summed E-state index contributed by atoms with van der Waals surface area (Å²) in [7, 11) is -4.28. The fourth-order valence-electron chi connectivity index (χ4n) is 5.01. The van der Waals surface area contributed by atoms with E-state index in [2.05, 4.69) is 20.8 Å². The number of aromatic amines is 1. The molecule has 2 aliphatic heterocycles. The molecule has 0 unspecified atom stereocenters. The number of rotatable bonds is 7. The highest BCUT2D eigenvalue weighted by molar-refractivity contribution is 7.89. The molecule has 0 bridgehead atoms. The normalized spacial score (nSPS) is 17.4. The largest absolute Gasteiger partial charge is 0.381 e. The van der Waals surface area contributed by atoms with Gasteiger partial charge in [-0.3, -0.25) is 9.89 Å². The Balaban J connectivity index is 0.00000353. The number of H-pyrrole nitrogens is 1. The Morgan fingerprint density at radius 3 is 2.51 bits per heavy atom. The zero-order valence-electron chi connectivity index (χ0n) is 21.5. The van der Waals surface area contributed by atoms with Crippen molar-refractivity contribution in [1.29, 1.82) is 0 Å². The van der Waals surface area contributed by atoms with E-state index in [-0.39, 0.29) is 30.7 Å². The molecule has 5 rings (SSSR count). The molecule has 0 aliphatic carbocycles. The van der Waals surface area contributed by atoms with Crippen molar-refractivity contribution >= 4 is 34.2 Å².